The number of hydrogen-bond acceptors (Lipinski definition) is 2. The van der Waals surface area contributed by atoms with Crippen LogP contribution >= 0.6 is 0 Å². The molecule has 0 spiro atoms. The largest absolute Gasteiger partial charge is 0.480 e. The van der Waals surface area contributed by atoms with Crippen molar-refractivity contribution in [3.05, 3.63) is 0 Å². The Bertz CT molecular complexity index is 399. The van der Waals surface area contributed by atoms with Gasteiger partial charge in [-0.15, -0.1) is 0 Å². The maximum atomic E-state index is 12.1. The Labute approximate surface area is 126 Å². The summed E-state index contributed by atoms with van der Waals surface area (Å²) in [4.78, 5) is 23.7. The number of carboxylic acid groups (broad SMARTS) is 1. The minimum Gasteiger partial charge on any atom is -0.480 e. The molecule has 2 fully saturated rings. The number of urea groups is 1. The molecule has 120 valence electrons. The third kappa shape index (κ3) is 3.89. The van der Waals surface area contributed by atoms with Gasteiger partial charge in [-0.05, 0) is 37.0 Å². The first-order valence-electron chi connectivity index (χ1n) is 8.22. The summed E-state index contributed by atoms with van der Waals surface area (Å²) in [5.41, 5.74) is -1.08. The van der Waals surface area contributed by atoms with E-state index in [9.17, 15) is 14.7 Å². The van der Waals surface area contributed by atoms with Gasteiger partial charge in [0.15, 0.2) is 0 Å². The van der Waals surface area contributed by atoms with Gasteiger partial charge in [-0.2, -0.15) is 0 Å². The Morgan fingerprint density at radius 1 is 1.19 bits per heavy atom. The second-order valence-corrected chi connectivity index (χ2v) is 7.09. The molecule has 0 heterocycles. The minimum absolute atomic E-state index is 0.328. The van der Waals surface area contributed by atoms with Gasteiger partial charge in [0.25, 0.3) is 0 Å². The van der Waals surface area contributed by atoms with Gasteiger partial charge in [0.1, 0.15) is 5.54 Å². The van der Waals surface area contributed by atoms with E-state index in [4.69, 9.17) is 0 Å². The van der Waals surface area contributed by atoms with E-state index >= 15 is 0 Å². The van der Waals surface area contributed by atoms with Crippen LogP contribution in [0, 0.1) is 17.8 Å². The highest BCUT2D eigenvalue weighted by atomic mass is 16.4. The molecule has 2 amide bonds. The molecule has 5 nitrogen and oxygen atoms in total. The van der Waals surface area contributed by atoms with Gasteiger partial charge in [-0.3, -0.25) is 0 Å². The lowest BCUT2D eigenvalue weighted by Gasteiger charge is -2.37. The fourth-order valence-electron chi connectivity index (χ4n) is 3.92. The van der Waals surface area contributed by atoms with Crippen molar-refractivity contribution in [1.82, 2.24) is 10.6 Å². The first kappa shape index (κ1) is 16.1. The second-order valence-electron chi connectivity index (χ2n) is 7.09. The number of carboxylic acids is 1. The molecular formula is C16H28N2O3. The zero-order valence-electron chi connectivity index (χ0n) is 13.2. The summed E-state index contributed by atoms with van der Waals surface area (Å²) < 4.78 is 0. The molecular weight excluding hydrogens is 268 g/mol. The van der Waals surface area contributed by atoms with Crippen molar-refractivity contribution in [1.29, 1.82) is 0 Å². The molecule has 2 aliphatic rings. The summed E-state index contributed by atoms with van der Waals surface area (Å²) in [6.45, 7) is 4.92. The molecule has 4 atom stereocenters. The molecule has 0 aromatic rings. The molecule has 0 saturated heterocycles. The van der Waals surface area contributed by atoms with Crippen LogP contribution in [0.2, 0.25) is 0 Å². The van der Waals surface area contributed by atoms with Crippen molar-refractivity contribution in [2.75, 3.05) is 6.54 Å². The standard InChI is InChI=1S/C16H28N2O3/c1-11-5-4-8-16(9-11,14(19)20)18-15(21)17-10-13-7-3-6-12(13)2/h11-13H,3-10H2,1-2H3,(H,19,20)(H2,17,18,21). The highest BCUT2D eigenvalue weighted by Crippen LogP contribution is 2.33. The van der Waals surface area contributed by atoms with Crippen molar-refractivity contribution in [2.45, 2.75) is 64.3 Å². The number of hydrogen-bond donors (Lipinski definition) is 3. The van der Waals surface area contributed by atoms with Gasteiger partial charge in [0.2, 0.25) is 0 Å². The van der Waals surface area contributed by atoms with E-state index in [0.717, 1.165) is 19.3 Å². The van der Waals surface area contributed by atoms with Gasteiger partial charge in [0, 0.05) is 6.54 Å². The molecule has 2 rings (SSSR count). The predicted octanol–water partition coefficient (Wildman–Crippen LogP) is 2.76. The number of amides is 2. The second kappa shape index (κ2) is 6.67. The number of carbonyl (C=O) groups is 2. The Hall–Kier alpha value is -1.26. The van der Waals surface area contributed by atoms with Crippen LogP contribution in [0.1, 0.15) is 58.8 Å². The van der Waals surface area contributed by atoms with Crippen molar-refractivity contribution in [3.8, 4) is 0 Å². The smallest absolute Gasteiger partial charge is 0.329 e. The van der Waals surface area contributed by atoms with Crippen LogP contribution in [0.5, 0.6) is 0 Å². The number of aliphatic carboxylic acids is 1. The van der Waals surface area contributed by atoms with Crippen molar-refractivity contribution >= 4 is 12.0 Å². The van der Waals surface area contributed by atoms with Gasteiger partial charge in [-0.1, -0.05) is 39.5 Å². The van der Waals surface area contributed by atoms with Crippen LogP contribution in [0.3, 0.4) is 0 Å². The number of carbonyl (C=O) groups excluding carboxylic acids is 1. The third-order valence-corrected chi connectivity index (χ3v) is 5.32. The summed E-state index contributed by atoms with van der Waals surface area (Å²) in [5.74, 6) is 0.610. The molecule has 0 aromatic heterocycles. The molecule has 0 aliphatic heterocycles. The van der Waals surface area contributed by atoms with E-state index < -0.39 is 11.5 Å². The Morgan fingerprint density at radius 3 is 2.52 bits per heavy atom. The van der Waals surface area contributed by atoms with Crippen LogP contribution in [-0.2, 0) is 4.79 Å². The summed E-state index contributed by atoms with van der Waals surface area (Å²) in [7, 11) is 0. The van der Waals surface area contributed by atoms with Crippen molar-refractivity contribution < 1.29 is 14.7 Å². The lowest BCUT2D eigenvalue weighted by atomic mass is 9.76. The van der Waals surface area contributed by atoms with Crippen molar-refractivity contribution in [3.63, 3.8) is 0 Å². The number of rotatable bonds is 4. The van der Waals surface area contributed by atoms with E-state index in [0.29, 0.717) is 37.1 Å². The normalized spacial score (nSPS) is 36.2. The van der Waals surface area contributed by atoms with Crippen LogP contribution in [0.4, 0.5) is 4.79 Å². The van der Waals surface area contributed by atoms with Crippen LogP contribution in [0.15, 0.2) is 0 Å². The molecule has 0 bridgehead atoms. The molecule has 0 radical (unpaired) electrons. The van der Waals surface area contributed by atoms with Crippen LogP contribution in [-0.4, -0.2) is 29.2 Å². The lowest BCUT2D eigenvalue weighted by molar-refractivity contribution is -0.146. The molecule has 3 N–H and O–H groups in total. The number of nitrogens with one attached hydrogen (secondary N) is 2. The molecule has 5 heteroatoms. The van der Waals surface area contributed by atoms with E-state index in [2.05, 4.69) is 24.5 Å². The quantitative estimate of drug-likeness (QED) is 0.746. The Morgan fingerprint density at radius 2 is 1.95 bits per heavy atom. The minimum atomic E-state index is -1.08. The monoisotopic (exact) mass is 296 g/mol. The summed E-state index contributed by atoms with van der Waals surface area (Å²) in [6, 6.07) is -0.328. The van der Waals surface area contributed by atoms with E-state index in [1.807, 2.05) is 0 Å². The lowest BCUT2D eigenvalue weighted by Crippen LogP contribution is -2.59. The first-order chi connectivity index (χ1) is 9.93. The molecule has 21 heavy (non-hydrogen) atoms. The van der Waals surface area contributed by atoms with Gasteiger partial charge >= 0.3 is 12.0 Å². The highest BCUT2D eigenvalue weighted by Gasteiger charge is 2.43. The molecule has 2 saturated carbocycles. The summed E-state index contributed by atoms with van der Waals surface area (Å²) in [5, 5.41) is 15.2. The Balaban J connectivity index is 1.88. The fourth-order valence-corrected chi connectivity index (χ4v) is 3.92. The zero-order valence-corrected chi connectivity index (χ0v) is 13.2. The first-order valence-corrected chi connectivity index (χ1v) is 8.22. The fraction of sp³-hybridized carbons (Fsp3) is 0.875. The molecule has 2 aliphatic carbocycles. The summed E-state index contributed by atoms with van der Waals surface area (Å²) >= 11 is 0. The van der Waals surface area contributed by atoms with Gasteiger partial charge in [-0.25, -0.2) is 9.59 Å². The average molecular weight is 296 g/mol. The average Bonchev–Trinajstić information content (AvgIpc) is 2.82. The van der Waals surface area contributed by atoms with Gasteiger partial charge in [0.05, 0.1) is 0 Å². The zero-order chi connectivity index (χ0) is 15.5. The van der Waals surface area contributed by atoms with Crippen LogP contribution < -0.4 is 10.6 Å². The summed E-state index contributed by atoms with van der Waals surface area (Å²) in [6.07, 6.45) is 6.56. The SMILES string of the molecule is CC1CCCC(NC(=O)NCC2CCCC2C)(C(=O)O)C1. The molecule has 0 aromatic carbocycles. The predicted molar refractivity (Wildman–Crippen MR) is 81.0 cm³/mol. The topological polar surface area (TPSA) is 78.4 Å². The highest BCUT2D eigenvalue weighted by molar-refractivity contribution is 5.86. The van der Waals surface area contributed by atoms with Gasteiger partial charge < -0.3 is 15.7 Å². The maximum Gasteiger partial charge on any atom is 0.329 e. The van der Waals surface area contributed by atoms with E-state index in [1.165, 1.54) is 12.8 Å². The van der Waals surface area contributed by atoms with Crippen molar-refractivity contribution in [2.24, 2.45) is 17.8 Å². The maximum absolute atomic E-state index is 12.1. The molecule has 4 unspecified atom stereocenters. The van der Waals surface area contributed by atoms with E-state index in [-0.39, 0.29) is 6.03 Å². The Kier molecular flexibility index (Phi) is 5.12. The van der Waals surface area contributed by atoms with Crippen LogP contribution in [0.25, 0.3) is 0 Å². The third-order valence-electron chi connectivity index (χ3n) is 5.32. The van der Waals surface area contributed by atoms with E-state index in [1.54, 1.807) is 0 Å².